The molecule has 0 radical (unpaired) electrons. The lowest BCUT2D eigenvalue weighted by molar-refractivity contribution is -0.223. The fraction of sp³-hybridized carbons (Fsp3) is 0.581. The molecule has 3 heterocycles. The van der Waals surface area contributed by atoms with Crippen LogP contribution in [-0.4, -0.2) is 75.3 Å². The predicted octanol–water partition coefficient (Wildman–Crippen LogP) is 8.83. The van der Waals surface area contributed by atoms with Gasteiger partial charge in [0.25, 0.3) is 5.91 Å². The molecule has 0 N–H and O–H groups in total. The molecule has 3 aliphatic rings. The third kappa shape index (κ3) is 8.63. The van der Waals surface area contributed by atoms with Crippen molar-refractivity contribution in [3.05, 3.63) is 88.5 Å². The zero-order valence-electron chi connectivity index (χ0n) is 32.8. The fourth-order valence-corrected chi connectivity index (χ4v) is 8.82. The summed E-state index contributed by atoms with van der Waals surface area (Å²) in [6, 6.07) is 12.1. The average molecular weight is 767 g/mol. The summed E-state index contributed by atoms with van der Waals surface area (Å²) in [7, 11) is 0. The van der Waals surface area contributed by atoms with Crippen LogP contribution in [0.3, 0.4) is 0 Å². The SMILES string of the molecule is CCC(Cc1cccc(C2CCCC2)c1C(=O)OC(C)(C)C)CC1CN(C(=O)c2cnn(Cc3ccc(F)cc3)c2)CC12CN(C(=O)C(C)(C)C(F)(F)F)C2. The molecule has 3 fully saturated rings. The van der Waals surface area contributed by atoms with Crippen LogP contribution in [0, 0.1) is 28.5 Å². The number of rotatable bonds is 11. The molecular formula is C43H54F4N4O4. The van der Waals surface area contributed by atoms with Crippen molar-refractivity contribution in [3.8, 4) is 0 Å². The van der Waals surface area contributed by atoms with Gasteiger partial charge in [0.05, 0.1) is 23.9 Å². The number of hydrogen-bond acceptors (Lipinski definition) is 5. The second-order valence-corrected chi connectivity index (χ2v) is 17.7. The molecule has 2 saturated heterocycles. The summed E-state index contributed by atoms with van der Waals surface area (Å²) >= 11 is 0. The van der Waals surface area contributed by atoms with E-state index in [-0.39, 0.29) is 42.6 Å². The minimum atomic E-state index is -4.70. The summed E-state index contributed by atoms with van der Waals surface area (Å²) in [6.07, 6.45) is 4.78. The Morgan fingerprint density at radius 2 is 1.60 bits per heavy atom. The van der Waals surface area contributed by atoms with Gasteiger partial charge in [0.2, 0.25) is 5.91 Å². The Labute approximate surface area is 321 Å². The normalized spacial score (nSPS) is 19.5. The first-order valence-corrected chi connectivity index (χ1v) is 19.6. The number of hydrogen-bond donors (Lipinski definition) is 0. The average Bonchev–Trinajstić information content (AvgIpc) is 3.87. The quantitative estimate of drug-likeness (QED) is 0.144. The molecule has 2 aliphatic heterocycles. The second kappa shape index (κ2) is 15.4. The molecule has 2 aromatic carbocycles. The van der Waals surface area contributed by atoms with Gasteiger partial charge in [0.15, 0.2) is 0 Å². The number of halogens is 4. The summed E-state index contributed by atoms with van der Waals surface area (Å²) in [5.41, 5.74) is 0.0212. The Bertz CT molecular complexity index is 1870. The maximum atomic E-state index is 14.0. The lowest BCUT2D eigenvalue weighted by atomic mass is 9.67. The first-order valence-electron chi connectivity index (χ1n) is 19.6. The maximum Gasteiger partial charge on any atom is 0.402 e. The number of alkyl halides is 3. The van der Waals surface area contributed by atoms with Gasteiger partial charge in [0.1, 0.15) is 16.8 Å². The number of carbonyl (C=O) groups excluding carboxylic acids is 3. The van der Waals surface area contributed by atoms with Crippen molar-refractivity contribution < 1.29 is 36.7 Å². The van der Waals surface area contributed by atoms with E-state index in [2.05, 4.69) is 18.1 Å². The van der Waals surface area contributed by atoms with Gasteiger partial charge in [-0.15, -0.1) is 0 Å². The van der Waals surface area contributed by atoms with Gasteiger partial charge in [-0.1, -0.05) is 56.5 Å². The van der Waals surface area contributed by atoms with E-state index in [1.807, 2.05) is 32.9 Å². The van der Waals surface area contributed by atoms with Crippen LogP contribution >= 0.6 is 0 Å². The van der Waals surface area contributed by atoms with E-state index in [4.69, 9.17) is 4.74 Å². The number of esters is 1. The zero-order chi connectivity index (χ0) is 39.9. The molecule has 2 atom stereocenters. The lowest BCUT2D eigenvalue weighted by Crippen LogP contribution is -2.65. The molecule has 0 bridgehead atoms. The Balaban J connectivity index is 1.25. The van der Waals surface area contributed by atoms with Crippen LogP contribution in [0.25, 0.3) is 0 Å². The van der Waals surface area contributed by atoms with E-state index in [0.29, 0.717) is 49.5 Å². The van der Waals surface area contributed by atoms with Gasteiger partial charge in [0, 0.05) is 37.8 Å². The van der Waals surface area contributed by atoms with E-state index in [1.165, 1.54) is 23.2 Å². The summed E-state index contributed by atoms with van der Waals surface area (Å²) < 4.78 is 62.8. The standard InChI is InChI=1S/C43H54F4N4O4/c1-7-28(19-31-13-10-14-35(30-11-8-9-12-30)36(31)38(53)55-40(2,3)4)20-33-24-49(25-42(33)26-50(27-42)39(54)41(5,6)43(45,46)47)37(52)32-21-48-51(23-32)22-29-15-17-34(44)18-16-29/h10,13-18,21,23,28,30,33H,7-9,11-12,19-20,22,24-27H2,1-6H3. The molecule has 1 saturated carbocycles. The Morgan fingerprint density at radius 3 is 2.22 bits per heavy atom. The van der Waals surface area contributed by atoms with Crippen LogP contribution in [0.1, 0.15) is 123 Å². The molecule has 2 amide bonds. The number of aromatic nitrogens is 2. The van der Waals surface area contributed by atoms with Gasteiger partial charge < -0.3 is 14.5 Å². The monoisotopic (exact) mass is 766 g/mol. The summed E-state index contributed by atoms with van der Waals surface area (Å²) in [6.45, 7) is 10.8. The summed E-state index contributed by atoms with van der Waals surface area (Å²) in [5, 5.41) is 4.37. The van der Waals surface area contributed by atoms with Gasteiger partial charge in [-0.2, -0.15) is 18.3 Å². The van der Waals surface area contributed by atoms with Crippen LogP contribution in [0.5, 0.6) is 0 Å². The fourth-order valence-electron chi connectivity index (χ4n) is 8.82. The number of benzene rings is 2. The summed E-state index contributed by atoms with van der Waals surface area (Å²) in [5.74, 6) is -1.59. The molecule has 8 nitrogen and oxygen atoms in total. The van der Waals surface area contributed by atoms with Crippen molar-refractivity contribution in [2.24, 2.45) is 22.7 Å². The van der Waals surface area contributed by atoms with Gasteiger partial charge >= 0.3 is 12.1 Å². The van der Waals surface area contributed by atoms with Crippen LogP contribution in [-0.2, 0) is 22.5 Å². The number of nitrogens with zero attached hydrogens (tertiary/aromatic N) is 4. The van der Waals surface area contributed by atoms with Crippen molar-refractivity contribution in [2.45, 2.75) is 111 Å². The Kier molecular flexibility index (Phi) is 11.3. The topological polar surface area (TPSA) is 84.7 Å². The predicted molar refractivity (Wildman–Crippen MR) is 201 cm³/mol. The second-order valence-electron chi connectivity index (χ2n) is 17.7. The highest BCUT2D eigenvalue weighted by atomic mass is 19.4. The molecule has 1 spiro atoms. The first-order chi connectivity index (χ1) is 25.8. The number of ether oxygens (including phenoxy) is 1. The zero-order valence-corrected chi connectivity index (χ0v) is 32.8. The number of amides is 2. The van der Waals surface area contributed by atoms with E-state index in [0.717, 1.165) is 62.6 Å². The minimum absolute atomic E-state index is 0.0896. The van der Waals surface area contributed by atoms with Crippen molar-refractivity contribution in [1.29, 1.82) is 0 Å². The van der Waals surface area contributed by atoms with Gasteiger partial charge in [-0.3, -0.25) is 14.3 Å². The van der Waals surface area contributed by atoms with Crippen LogP contribution in [0.4, 0.5) is 17.6 Å². The van der Waals surface area contributed by atoms with Gasteiger partial charge in [-0.05, 0) is 107 Å². The van der Waals surface area contributed by atoms with Crippen molar-refractivity contribution >= 4 is 17.8 Å². The van der Waals surface area contributed by atoms with Crippen LogP contribution in [0.2, 0.25) is 0 Å². The Morgan fingerprint density at radius 1 is 0.945 bits per heavy atom. The van der Waals surface area contributed by atoms with Crippen molar-refractivity contribution in [3.63, 3.8) is 0 Å². The third-order valence-electron chi connectivity index (χ3n) is 12.1. The van der Waals surface area contributed by atoms with Crippen LogP contribution in [0.15, 0.2) is 54.9 Å². The van der Waals surface area contributed by atoms with E-state index >= 15 is 0 Å². The molecule has 55 heavy (non-hydrogen) atoms. The highest BCUT2D eigenvalue weighted by molar-refractivity contribution is 5.94. The molecule has 1 aliphatic carbocycles. The molecule has 12 heteroatoms. The van der Waals surface area contributed by atoms with Crippen LogP contribution < -0.4 is 0 Å². The largest absolute Gasteiger partial charge is 0.456 e. The third-order valence-corrected chi connectivity index (χ3v) is 12.1. The lowest BCUT2D eigenvalue weighted by Gasteiger charge is -2.53. The summed E-state index contributed by atoms with van der Waals surface area (Å²) in [4.78, 5) is 44.2. The van der Waals surface area contributed by atoms with Crippen molar-refractivity contribution in [1.82, 2.24) is 19.6 Å². The molecule has 1 aromatic heterocycles. The molecular weight excluding hydrogens is 712 g/mol. The maximum absolute atomic E-state index is 14.0. The Hall–Kier alpha value is -4.22. The van der Waals surface area contributed by atoms with Gasteiger partial charge in [-0.25, -0.2) is 9.18 Å². The number of likely N-dealkylation sites (tertiary alicyclic amines) is 2. The minimum Gasteiger partial charge on any atom is -0.456 e. The van der Waals surface area contributed by atoms with E-state index < -0.39 is 28.5 Å². The van der Waals surface area contributed by atoms with E-state index in [1.54, 1.807) is 27.9 Å². The first kappa shape index (κ1) is 40.4. The smallest absolute Gasteiger partial charge is 0.402 e. The highest BCUT2D eigenvalue weighted by Crippen LogP contribution is 2.50. The number of carbonyl (C=O) groups is 3. The van der Waals surface area contributed by atoms with E-state index in [9.17, 15) is 31.9 Å². The molecule has 3 aromatic rings. The van der Waals surface area contributed by atoms with Crippen molar-refractivity contribution in [2.75, 3.05) is 26.2 Å². The highest BCUT2D eigenvalue weighted by Gasteiger charge is 2.61. The molecule has 298 valence electrons. The molecule has 2 unspecified atom stereocenters. The molecule has 6 rings (SSSR count).